The van der Waals surface area contributed by atoms with Gasteiger partial charge in [0.15, 0.2) is 0 Å². The Labute approximate surface area is 118 Å². The molecule has 1 amide bonds. The Morgan fingerprint density at radius 1 is 1.30 bits per heavy atom. The van der Waals surface area contributed by atoms with Gasteiger partial charge in [-0.25, -0.2) is 4.79 Å². The number of carboxylic acids is 1. The minimum Gasteiger partial charge on any atom is -0.478 e. The highest BCUT2D eigenvalue weighted by Gasteiger charge is 2.39. The molecule has 1 aromatic rings. The summed E-state index contributed by atoms with van der Waals surface area (Å²) in [5.41, 5.74) is 0.571. The van der Waals surface area contributed by atoms with Crippen molar-refractivity contribution in [3.05, 3.63) is 35.4 Å². The van der Waals surface area contributed by atoms with Crippen molar-refractivity contribution in [2.75, 3.05) is 20.6 Å². The van der Waals surface area contributed by atoms with Gasteiger partial charge in [-0.05, 0) is 51.6 Å². The monoisotopic (exact) mass is 276 g/mol. The number of carbonyl (C=O) groups excluding carboxylic acids is 1. The SMILES string of the molecule is CN(C)C1(CNC(=O)c2cccc(C(=O)O)c2)CCC1. The summed E-state index contributed by atoms with van der Waals surface area (Å²) in [6.45, 7) is 0.593. The molecular weight excluding hydrogens is 256 g/mol. The maximum Gasteiger partial charge on any atom is 0.335 e. The summed E-state index contributed by atoms with van der Waals surface area (Å²) < 4.78 is 0. The zero-order chi connectivity index (χ0) is 14.8. The standard InChI is InChI=1S/C15H20N2O3/c1-17(2)15(7-4-8-15)10-16-13(18)11-5-3-6-12(9-11)14(19)20/h3,5-6,9H,4,7-8,10H2,1-2H3,(H,16,18)(H,19,20). The third-order valence-corrected chi connectivity index (χ3v) is 4.18. The topological polar surface area (TPSA) is 69.6 Å². The minimum atomic E-state index is -1.02. The van der Waals surface area contributed by atoms with E-state index in [2.05, 4.69) is 10.2 Å². The van der Waals surface area contributed by atoms with Gasteiger partial charge < -0.3 is 15.3 Å². The van der Waals surface area contributed by atoms with Gasteiger partial charge in [0, 0.05) is 17.6 Å². The lowest BCUT2D eigenvalue weighted by Crippen LogP contribution is -2.57. The van der Waals surface area contributed by atoms with Gasteiger partial charge in [0.1, 0.15) is 0 Å². The molecule has 1 aliphatic rings. The second-order valence-corrected chi connectivity index (χ2v) is 5.54. The molecule has 2 rings (SSSR count). The molecular formula is C15H20N2O3. The number of carbonyl (C=O) groups is 2. The van der Waals surface area contributed by atoms with Crippen molar-refractivity contribution < 1.29 is 14.7 Å². The van der Waals surface area contributed by atoms with Gasteiger partial charge in [-0.2, -0.15) is 0 Å². The van der Waals surface area contributed by atoms with Crippen molar-refractivity contribution in [1.29, 1.82) is 0 Å². The molecule has 1 aliphatic carbocycles. The Bertz CT molecular complexity index is 522. The smallest absolute Gasteiger partial charge is 0.335 e. The summed E-state index contributed by atoms with van der Waals surface area (Å²) in [4.78, 5) is 25.2. The Morgan fingerprint density at radius 2 is 1.95 bits per heavy atom. The summed E-state index contributed by atoms with van der Waals surface area (Å²) in [7, 11) is 4.05. The van der Waals surface area contributed by atoms with Gasteiger partial charge >= 0.3 is 5.97 Å². The van der Waals surface area contributed by atoms with Crippen LogP contribution in [0.15, 0.2) is 24.3 Å². The minimum absolute atomic E-state index is 0.0556. The highest BCUT2D eigenvalue weighted by Crippen LogP contribution is 2.35. The van der Waals surface area contributed by atoms with Crippen LogP contribution in [-0.4, -0.2) is 48.1 Å². The molecule has 0 aliphatic heterocycles. The lowest BCUT2D eigenvalue weighted by molar-refractivity contribution is 0.0557. The van der Waals surface area contributed by atoms with Gasteiger partial charge in [-0.1, -0.05) is 6.07 Å². The predicted octanol–water partition coefficient (Wildman–Crippen LogP) is 1.60. The number of hydrogen-bond donors (Lipinski definition) is 2. The van der Waals surface area contributed by atoms with Crippen molar-refractivity contribution in [2.45, 2.75) is 24.8 Å². The first kappa shape index (κ1) is 14.5. The predicted molar refractivity (Wildman–Crippen MR) is 76.0 cm³/mol. The number of benzene rings is 1. The van der Waals surface area contributed by atoms with Crippen LogP contribution in [0.1, 0.15) is 40.0 Å². The molecule has 5 heteroatoms. The third kappa shape index (κ3) is 2.82. The van der Waals surface area contributed by atoms with Crippen LogP contribution < -0.4 is 5.32 Å². The number of nitrogens with zero attached hydrogens (tertiary/aromatic N) is 1. The summed E-state index contributed by atoms with van der Waals surface area (Å²) in [5.74, 6) is -1.25. The van der Waals surface area contributed by atoms with Gasteiger partial charge in [-0.3, -0.25) is 4.79 Å². The maximum atomic E-state index is 12.1. The largest absolute Gasteiger partial charge is 0.478 e. The molecule has 1 saturated carbocycles. The molecule has 0 aromatic heterocycles. The Hall–Kier alpha value is -1.88. The molecule has 20 heavy (non-hydrogen) atoms. The molecule has 0 heterocycles. The lowest BCUT2D eigenvalue weighted by atomic mass is 9.75. The van der Waals surface area contributed by atoms with E-state index >= 15 is 0 Å². The Balaban J connectivity index is 2.02. The number of likely N-dealkylation sites (N-methyl/N-ethyl adjacent to an activating group) is 1. The number of carboxylic acid groups (broad SMARTS) is 1. The van der Waals surface area contributed by atoms with Gasteiger partial charge in [0.25, 0.3) is 5.91 Å². The van der Waals surface area contributed by atoms with Crippen LogP contribution in [0.3, 0.4) is 0 Å². The van der Waals surface area contributed by atoms with Crippen LogP contribution in [0.2, 0.25) is 0 Å². The summed E-state index contributed by atoms with van der Waals surface area (Å²) >= 11 is 0. The number of hydrogen-bond acceptors (Lipinski definition) is 3. The second kappa shape index (κ2) is 5.63. The second-order valence-electron chi connectivity index (χ2n) is 5.54. The molecule has 108 valence electrons. The number of amides is 1. The molecule has 0 radical (unpaired) electrons. The van der Waals surface area contributed by atoms with Crippen LogP contribution in [0.25, 0.3) is 0 Å². The van der Waals surface area contributed by atoms with E-state index in [0.717, 1.165) is 12.8 Å². The van der Waals surface area contributed by atoms with E-state index in [1.807, 2.05) is 14.1 Å². The quantitative estimate of drug-likeness (QED) is 0.857. The first-order chi connectivity index (χ1) is 9.44. The molecule has 0 saturated heterocycles. The first-order valence-electron chi connectivity index (χ1n) is 6.74. The maximum absolute atomic E-state index is 12.1. The zero-order valence-corrected chi connectivity index (χ0v) is 11.8. The number of nitrogens with one attached hydrogen (secondary N) is 1. The van der Waals surface area contributed by atoms with Gasteiger partial charge in [-0.15, -0.1) is 0 Å². The van der Waals surface area contributed by atoms with Crippen LogP contribution in [-0.2, 0) is 0 Å². The van der Waals surface area contributed by atoms with Crippen molar-refractivity contribution in [2.24, 2.45) is 0 Å². The highest BCUT2D eigenvalue weighted by atomic mass is 16.4. The van der Waals surface area contributed by atoms with Crippen molar-refractivity contribution in [1.82, 2.24) is 10.2 Å². The van der Waals surface area contributed by atoms with Crippen molar-refractivity contribution >= 4 is 11.9 Å². The molecule has 1 fully saturated rings. The zero-order valence-electron chi connectivity index (χ0n) is 11.8. The molecule has 1 aromatic carbocycles. The van der Waals surface area contributed by atoms with E-state index < -0.39 is 5.97 Å². The molecule has 0 atom stereocenters. The van der Waals surface area contributed by atoms with Crippen LogP contribution in [0.4, 0.5) is 0 Å². The van der Waals surface area contributed by atoms with E-state index in [-0.39, 0.29) is 17.0 Å². The first-order valence-corrected chi connectivity index (χ1v) is 6.74. The van der Waals surface area contributed by atoms with E-state index in [9.17, 15) is 9.59 Å². The van der Waals surface area contributed by atoms with E-state index in [1.54, 1.807) is 12.1 Å². The Morgan fingerprint density at radius 3 is 2.45 bits per heavy atom. The molecule has 2 N–H and O–H groups in total. The fourth-order valence-corrected chi connectivity index (χ4v) is 2.51. The van der Waals surface area contributed by atoms with E-state index in [1.165, 1.54) is 18.6 Å². The Kier molecular flexibility index (Phi) is 4.09. The van der Waals surface area contributed by atoms with Crippen molar-refractivity contribution in [3.8, 4) is 0 Å². The fourth-order valence-electron chi connectivity index (χ4n) is 2.51. The molecule has 0 spiro atoms. The van der Waals surface area contributed by atoms with Crippen molar-refractivity contribution in [3.63, 3.8) is 0 Å². The van der Waals surface area contributed by atoms with Crippen LogP contribution in [0.5, 0.6) is 0 Å². The number of rotatable bonds is 5. The molecule has 0 bridgehead atoms. The van der Waals surface area contributed by atoms with Crippen LogP contribution in [0, 0.1) is 0 Å². The average molecular weight is 276 g/mol. The van der Waals surface area contributed by atoms with Gasteiger partial charge in [0.2, 0.25) is 0 Å². The fraction of sp³-hybridized carbons (Fsp3) is 0.467. The summed E-state index contributed by atoms with van der Waals surface area (Å²) in [5, 5.41) is 11.8. The number of aromatic carboxylic acids is 1. The highest BCUT2D eigenvalue weighted by molar-refractivity contribution is 5.97. The normalized spacial score (nSPS) is 16.6. The van der Waals surface area contributed by atoms with E-state index in [4.69, 9.17) is 5.11 Å². The third-order valence-electron chi connectivity index (χ3n) is 4.18. The summed E-state index contributed by atoms with van der Waals surface area (Å²) in [6.07, 6.45) is 3.34. The molecule has 5 nitrogen and oxygen atoms in total. The van der Waals surface area contributed by atoms with E-state index in [0.29, 0.717) is 12.1 Å². The van der Waals surface area contributed by atoms with Gasteiger partial charge in [0.05, 0.1) is 5.56 Å². The van der Waals surface area contributed by atoms with Crippen LogP contribution >= 0.6 is 0 Å². The lowest BCUT2D eigenvalue weighted by Gasteiger charge is -2.47. The molecule has 0 unspecified atom stereocenters. The summed E-state index contributed by atoms with van der Waals surface area (Å²) in [6, 6.07) is 6.10. The average Bonchev–Trinajstić information content (AvgIpc) is 2.37.